The van der Waals surface area contributed by atoms with Gasteiger partial charge in [0.2, 0.25) is 0 Å². The lowest BCUT2D eigenvalue weighted by Crippen LogP contribution is -2.41. The van der Waals surface area contributed by atoms with Crippen LogP contribution >= 0.6 is 0 Å². The summed E-state index contributed by atoms with van der Waals surface area (Å²) in [5.41, 5.74) is 0. The normalized spacial score (nSPS) is 14.6. The molecule has 0 aliphatic rings. The number of methoxy groups -OCH3 is 2. The van der Waals surface area contributed by atoms with Crippen LogP contribution in [0.15, 0.2) is 0 Å². The fourth-order valence-electron chi connectivity index (χ4n) is 1.68. The summed E-state index contributed by atoms with van der Waals surface area (Å²) in [4.78, 5) is 2.29. The molecule has 0 aromatic heterocycles. The van der Waals surface area contributed by atoms with Gasteiger partial charge in [-0.05, 0) is 20.4 Å². The van der Waals surface area contributed by atoms with E-state index in [-0.39, 0.29) is 6.04 Å². The SMILES string of the molecule is CNC(C#N)CCN(CCOC)C(C)COC. The Kier molecular flexibility index (Phi) is 10.1. The van der Waals surface area contributed by atoms with E-state index in [0.717, 1.165) is 19.5 Å². The minimum Gasteiger partial charge on any atom is -0.383 e. The van der Waals surface area contributed by atoms with Gasteiger partial charge in [-0.1, -0.05) is 0 Å². The lowest BCUT2D eigenvalue weighted by molar-refractivity contribution is 0.0736. The molecule has 100 valence electrons. The van der Waals surface area contributed by atoms with E-state index in [1.807, 2.05) is 7.05 Å². The first-order chi connectivity index (χ1) is 8.19. The Hall–Kier alpha value is -0.670. The first-order valence-corrected chi connectivity index (χ1v) is 5.98. The third kappa shape index (κ3) is 7.29. The highest BCUT2D eigenvalue weighted by molar-refractivity contribution is 4.89. The zero-order valence-electron chi connectivity index (χ0n) is 11.4. The molecule has 0 aromatic carbocycles. The lowest BCUT2D eigenvalue weighted by atomic mass is 10.2. The molecule has 2 unspecified atom stereocenters. The molecule has 0 spiro atoms. The average molecular weight is 243 g/mol. The van der Waals surface area contributed by atoms with Crippen LogP contribution in [0.1, 0.15) is 13.3 Å². The van der Waals surface area contributed by atoms with Crippen molar-refractivity contribution < 1.29 is 9.47 Å². The monoisotopic (exact) mass is 243 g/mol. The zero-order chi connectivity index (χ0) is 13.1. The van der Waals surface area contributed by atoms with Crippen molar-refractivity contribution in [3.05, 3.63) is 0 Å². The van der Waals surface area contributed by atoms with E-state index in [0.29, 0.717) is 19.3 Å². The van der Waals surface area contributed by atoms with Crippen molar-refractivity contribution in [1.82, 2.24) is 10.2 Å². The smallest absolute Gasteiger partial charge is 0.0962 e. The first kappa shape index (κ1) is 16.3. The van der Waals surface area contributed by atoms with Crippen molar-refractivity contribution >= 4 is 0 Å². The van der Waals surface area contributed by atoms with Crippen molar-refractivity contribution in [2.24, 2.45) is 0 Å². The van der Waals surface area contributed by atoms with E-state index in [9.17, 15) is 0 Å². The van der Waals surface area contributed by atoms with Crippen molar-refractivity contribution in [2.75, 3.05) is 47.6 Å². The van der Waals surface area contributed by atoms with E-state index in [4.69, 9.17) is 14.7 Å². The van der Waals surface area contributed by atoms with E-state index in [2.05, 4.69) is 23.2 Å². The van der Waals surface area contributed by atoms with Gasteiger partial charge in [0.15, 0.2) is 0 Å². The van der Waals surface area contributed by atoms with Crippen molar-refractivity contribution in [2.45, 2.75) is 25.4 Å². The Balaban J connectivity index is 4.13. The van der Waals surface area contributed by atoms with Crippen LogP contribution in [0, 0.1) is 11.3 Å². The summed E-state index contributed by atoms with van der Waals surface area (Å²) in [7, 11) is 5.22. The summed E-state index contributed by atoms with van der Waals surface area (Å²) in [6, 6.07) is 2.48. The molecule has 0 amide bonds. The Morgan fingerprint density at radius 1 is 1.29 bits per heavy atom. The molecule has 0 aliphatic heterocycles. The van der Waals surface area contributed by atoms with Gasteiger partial charge in [-0.25, -0.2) is 0 Å². The summed E-state index contributed by atoms with van der Waals surface area (Å²) in [6.07, 6.45) is 0.810. The number of nitriles is 1. The molecule has 5 heteroatoms. The molecule has 0 bridgehead atoms. The molecule has 0 radical (unpaired) electrons. The summed E-state index contributed by atoms with van der Waals surface area (Å²) >= 11 is 0. The number of hydrogen-bond acceptors (Lipinski definition) is 5. The van der Waals surface area contributed by atoms with Crippen LogP contribution in [0.2, 0.25) is 0 Å². The van der Waals surface area contributed by atoms with Crippen LogP contribution in [0.5, 0.6) is 0 Å². The molecule has 0 saturated carbocycles. The van der Waals surface area contributed by atoms with Crippen LogP contribution in [-0.2, 0) is 9.47 Å². The predicted octanol–water partition coefficient (Wildman–Crippen LogP) is 0.471. The van der Waals surface area contributed by atoms with Crippen molar-refractivity contribution in [3.63, 3.8) is 0 Å². The standard InChI is InChI=1S/C12H25N3O2/c1-11(10-17-4)15(7-8-16-3)6-5-12(9-13)14-2/h11-12,14H,5-8,10H2,1-4H3. The largest absolute Gasteiger partial charge is 0.383 e. The predicted molar refractivity (Wildman–Crippen MR) is 67.9 cm³/mol. The van der Waals surface area contributed by atoms with Crippen molar-refractivity contribution in [1.29, 1.82) is 5.26 Å². The summed E-state index contributed by atoms with van der Waals surface area (Å²) in [5, 5.41) is 11.9. The Bertz CT molecular complexity index is 218. The molecular formula is C12H25N3O2. The molecule has 2 atom stereocenters. The maximum Gasteiger partial charge on any atom is 0.0962 e. The molecule has 0 heterocycles. The topological polar surface area (TPSA) is 57.5 Å². The maximum absolute atomic E-state index is 8.88. The number of nitrogens with one attached hydrogen (secondary N) is 1. The van der Waals surface area contributed by atoms with Gasteiger partial charge in [0.25, 0.3) is 0 Å². The molecule has 0 saturated heterocycles. The third-order valence-corrected chi connectivity index (χ3v) is 2.82. The molecule has 0 rings (SSSR count). The van der Waals surface area contributed by atoms with Crippen molar-refractivity contribution in [3.8, 4) is 6.07 Å². The highest BCUT2D eigenvalue weighted by Gasteiger charge is 2.15. The van der Waals surface area contributed by atoms with Gasteiger partial charge in [0, 0.05) is 33.4 Å². The fourth-order valence-corrected chi connectivity index (χ4v) is 1.68. The number of nitrogens with zero attached hydrogens (tertiary/aromatic N) is 2. The Labute approximate surface area is 105 Å². The van der Waals surface area contributed by atoms with Crippen LogP contribution in [0.4, 0.5) is 0 Å². The van der Waals surface area contributed by atoms with E-state index in [1.165, 1.54) is 0 Å². The highest BCUT2D eigenvalue weighted by Crippen LogP contribution is 2.03. The zero-order valence-corrected chi connectivity index (χ0v) is 11.4. The number of rotatable bonds is 10. The molecule has 17 heavy (non-hydrogen) atoms. The maximum atomic E-state index is 8.88. The van der Waals surface area contributed by atoms with Gasteiger partial charge < -0.3 is 14.8 Å². The quantitative estimate of drug-likeness (QED) is 0.604. The third-order valence-electron chi connectivity index (χ3n) is 2.82. The second kappa shape index (κ2) is 10.5. The van der Waals surface area contributed by atoms with Crippen LogP contribution in [0.25, 0.3) is 0 Å². The second-order valence-corrected chi connectivity index (χ2v) is 4.09. The first-order valence-electron chi connectivity index (χ1n) is 5.98. The second-order valence-electron chi connectivity index (χ2n) is 4.09. The van der Waals surface area contributed by atoms with Gasteiger partial charge in [-0.3, -0.25) is 4.90 Å². The van der Waals surface area contributed by atoms with Crippen LogP contribution in [-0.4, -0.2) is 64.6 Å². The summed E-state index contributed by atoms with van der Waals surface area (Å²) < 4.78 is 10.3. The van der Waals surface area contributed by atoms with E-state index >= 15 is 0 Å². The highest BCUT2D eigenvalue weighted by atomic mass is 16.5. The number of hydrogen-bond donors (Lipinski definition) is 1. The van der Waals surface area contributed by atoms with Crippen LogP contribution < -0.4 is 5.32 Å². The molecule has 0 aromatic rings. The molecular weight excluding hydrogens is 218 g/mol. The Morgan fingerprint density at radius 2 is 2.00 bits per heavy atom. The molecule has 0 fully saturated rings. The summed E-state index contributed by atoms with van der Waals surface area (Å²) in [6.45, 7) is 5.25. The molecule has 0 aliphatic carbocycles. The van der Waals surface area contributed by atoms with E-state index in [1.54, 1.807) is 14.2 Å². The lowest BCUT2D eigenvalue weighted by Gasteiger charge is -2.29. The summed E-state index contributed by atoms with van der Waals surface area (Å²) in [5.74, 6) is 0. The molecule has 5 nitrogen and oxygen atoms in total. The van der Waals surface area contributed by atoms with Gasteiger partial charge in [-0.2, -0.15) is 5.26 Å². The fraction of sp³-hybridized carbons (Fsp3) is 0.917. The van der Waals surface area contributed by atoms with Gasteiger partial charge in [-0.15, -0.1) is 0 Å². The average Bonchev–Trinajstić information content (AvgIpc) is 2.34. The minimum atomic E-state index is -0.0882. The van der Waals surface area contributed by atoms with Gasteiger partial charge >= 0.3 is 0 Å². The number of ether oxygens (including phenoxy) is 2. The minimum absolute atomic E-state index is 0.0882. The molecule has 1 N–H and O–H groups in total. The Morgan fingerprint density at radius 3 is 2.47 bits per heavy atom. The van der Waals surface area contributed by atoms with E-state index < -0.39 is 0 Å². The van der Waals surface area contributed by atoms with Crippen LogP contribution in [0.3, 0.4) is 0 Å². The van der Waals surface area contributed by atoms with Gasteiger partial charge in [0.1, 0.15) is 0 Å². The van der Waals surface area contributed by atoms with Gasteiger partial charge in [0.05, 0.1) is 25.3 Å².